The smallest absolute Gasteiger partial charge is 0.166 e. The molecule has 0 unspecified atom stereocenters. The van der Waals surface area contributed by atoms with E-state index in [-0.39, 0.29) is 19.2 Å². The molecule has 0 amide bonds. The summed E-state index contributed by atoms with van der Waals surface area (Å²) >= 11 is 0. The van der Waals surface area contributed by atoms with E-state index in [2.05, 4.69) is 10.3 Å². The van der Waals surface area contributed by atoms with Crippen molar-refractivity contribution >= 4 is 11.6 Å². The largest absolute Gasteiger partial charge is 0.377 e. The predicted octanol–water partition coefficient (Wildman–Crippen LogP) is 3.05. The van der Waals surface area contributed by atoms with E-state index in [1.807, 2.05) is 33.8 Å². The first-order valence-electron chi connectivity index (χ1n) is 9.59. The van der Waals surface area contributed by atoms with Crippen LogP contribution >= 0.6 is 0 Å². The molecule has 0 aliphatic heterocycles. The lowest BCUT2D eigenvalue weighted by atomic mass is 10.0. The third-order valence-electron chi connectivity index (χ3n) is 3.55. The lowest BCUT2D eigenvalue weighted by Crippen LogP contribution is -2.15. The highest BCUT2D eigenvalue weighted by Crippen LogP contribution is 2.09. The molecule has 0 spiro atoms. The van der Waals surface area contributed by atoms with E-state index < -0.39 is 0 Å². The Kier molecular flexibility index (Phi) is 12.6. The molecule has 0 fully saturated rings. The molecule has 1 rings (SSSR count). The normalized spacial score (nSPS) is 11.3. The van der Waals surface area contributed by atoms with Gasteiger partial charge in [0.15, 0.2) is 5.78 Å². The summed E-state index contributed by atoms with van der Waals surface area (Å²) in [7, 11) is 0. The van der Waals surface area contributed by atoms with Crippen molar-refractivity contribution in [3.8, 4) is 0 Å². The quantitative estimate of drug-likeness (QED) is 0.347. The van der Waals surface area contributed by atoms with E-state index in [4.69, 9.17) is 18.9 Å². The van der Waals surface area contributed by atoms with Gasteiger partial charge in [0.25, 0.3) is 0 Å². The summed E-state index contributed by atoms with van der Waals surface area (Å²) in [5.74, 6) is 0.812. The molecule has 0 bridgehead atoms. The molecule has 7 heteroatoms. The van der Waals surface area contributed by atoms with Crippen LogP contribution in [0.25, 0.3) is 0 Å². The number of hydrogen-bond acceptors (Lipinski definition) is 7. The summed E-state index contributed by atoms with van der Waals surface area (Å²) in [5, 5.41) is 3.16. The molecule has 156 valence electrons. The average molecular weight is 385 g/mol. The van der Waals surface area contributed by atoms with Crippen molar-refractivity contribution in [3.05, 3.63) is 23.9 Å². The molecule has 0 aliphatic rings. The van der Waals surface area contributed by atoms with Crippen LogP contribution in [0.15, 0.2) is 18.3 Å². The first-order chi connectivity index (χ1) is 13.0. The Bertz CT molecular complexity index is 512. The van der Waals surface area contributed by atoms with Crippen LogP contribution in [0, 0.1) is 5.92 Å². The number of rotatable bonds is 16. The van der Waals surface area contributed by atoms with Gasteiger partial charge in [-0.05, 0) is 26.0 Å². The highest BCUT2D eigenvalue weighted by atomic mass is 16.6. The molecule has 0 aliphatic carbocycles. The van der Waals surface area contributed by atoms with Crippen molar-refractivity contribution in [2.75, 3.05) is 58.1 Å². The van der Waals surface area contributed by atoms with Crippen molar-refractivity contribution in [3.63, 3.8) is 0 Å². The van der Waals surface area contributed by atoms with Crippen LogP contribution in [0.1, 0.15) is 39.5 Å². The second-order valence-corrected chi connectivity index (χ2v) is 6.63. The Morgan fingerprint density at radius 1 is 0.963 bits per heavy atom. The van der Waals surface area contributed by atoms with Gasteiger partial charge in [-0.1, -0.05) is 13.8 Å². The zero-order chi connectivity index (χ0) is 19.9. The summed E-state index contributed by atoms with van der Waals surface area (Å²) in [4.78, 5) is 16.1. The summed E-state index contributed by atoms with van der Waals surface area (Å²) in [6.07, 6.45) is 1.84. The SMILES string of the molecule is CC(C)OCCOCCOCCOCCNc1ccc(C(=O)C(C)C)cn1.[HH]. The lowest BCUT2D eigenvalue weighted by Gasteiger charge is -2.09. The molecule has 1 aromatic rings. The zero-order valence-electron chi connectivity index (χ0n) is 17.0. The predicted molar refractivity (Wildman–Crippen MR) is 108 cm³/mol. The molecule has 1 heterocycles. The van der Waals surface area contributed by atoms with E-state index >= 15 is 0 Å². The van der Waals surface area contributed by atoms with Gasteiger partial charge in [0.2, 0.25) is 0 Å². The molecule has 27 heavy (non-hydrogen) atoms. The van der Waals surface area contributed by atoms with Crippen molar-refractivity contribution in [1.82, 2.24) is 4.98 Å². The fraction of sp³-hybridized carbons (Fsp3) is 0.700. The first-order valence-corrected chi connectivity index (χ1v) is 9.59. The van der Waals surface area contributed by atoms with E-state index in [9.17, 15) is 4.79 Å². The highest BCUT2D eigenvalue weighted by molar-refractivity contribution is 5.97. The molecular formula is C20H36N2O5. The maximum Gasteiger partial charge on any atom is 0.166 e. The second-order valence-electron chi connectivity index (χ2n) is 6.63. The lowest BCUT2D eigenvalue weighted by molar-refractivity contribution is -0.0110. The minimum atomic E-state index is -0.0216. The molecule has 1 aromatic heterocycles. The Morgan fingerprint density at radius 3 is 2.07 bits per heavy atom. The summed E-state index contributed by atoms with van der Waals surface area (Å²) < 4.78 is 21.7. The van der Waals surface area contributed by atoms with Crippen molar-refractivity contribution in [2.24, 2.45) is 5.92 Å². The molecular weight excluding hydrogens is 348 g/mol. The molecule has 7 nitrogen and oxygen atoms in total. The number of ketones is 1. The topological polar surface area (TPSA) is 78.9 Å². The van der Waals surface area contributed by atoms with Crippen LogP contribution in [0.3, 0.4) is 0 Å². The van der Waals surface area contributed by atoms with Gasteiger partial charge in [0.1, 0.15) is 5.82 Å². The van der Waals surface area contributed by atoms with E-state index in [0.717, 1.165) is 5.82 Å². The number of hydrogen-bond donors (Lipinski definition) is 1. The van der Waals surface area contributed by atoms with Crippen LogP contribution in [-0.4, -0.2) is 69.7 Å². The van der Waals surface area contributed by atoms with Crippen LogP contribution < -0.4 is 5.32 Å². The van der Waals surface area contributed by atoms with E-state index in [0.29, 0.717) is 58.4 Å². The van der Waals surface area contributed by atoms with Gasteiger partial charge in [0.05, 0.1) is 52.4 Å². The van der Waals surface area contributed by atoms with Gasteiger partial charge >= 0.3 is 0 Å². The molecule has 1 N–H and O–H groups in total. The van der Waals surface area contributed by atoms with Crippen LogP contribution in [0.4, 0.5) is 5.82 Å². The molecule has 0 atom stereocenters. The zero-order valence-corrected chi connectivity index (χ0v) is 17.0. The second kappa shape index (κ2) is 14.5. The van der Waals surface area contributed by atoms with Crippen molar-refractivity contribution in [1.29, 1.82) is 0 Å². The number of carbonyl (C=O) groups is 1. The fourth-order valence-electron chi connectivity index (χ4n) is 2.11. The first kappa shape index (κ1) is 23.5. The fourth-order valence-corrected chi connectivity index (χ4v) is 2.11. The van der Waals surface area contributed by atoms with Crippen molar-refractivity contribution < 1.29 is 25.2 Å². The summed E-state index contributed by atoms with van der Waals surface area (Å²) in [6, 6.07) is 3.61. The summed E-state index contributed by atoms with van der Waals surface area (Å²) in [5.41, 5.74) is 0.639. The Labute approximate surface area is 164 Å². The number of anilines is 1. The van der Waals surface area contributed by atoms with Crippen molar-refractivity contribution in [2.45, 2.75) is 33.8 Å². The summed E-state index contributed by atoms with van der Waals surface area (Å²) in [6.45, 7) is 12.3. The molecule has 0 saturated carbocycles. The van der Waals surface area contributed by atoms with Crippen LogP contribution in [0.2, 0.25) is 0 Å². The maximum atomic E-state index is 11.8. The number of carbonyl (C=O) groups excluding carboxylic acids is 1. The average Bonchev–Trinajstić information content (AvgIpc) is 2.65. The minimum Gasteiger partial charge on any atom is -0.377 e. The number of nitrogens with one attached hydrogen (secondary N) is 1. The molecule has 0 saturated heterocycles. The molecule has 0 radical (unpaired) electrons. The van der Waals surface area contributed by atoms with Gasteiger partial charge in [-0.2, -0.15) is 0 Å². The highest BCUT2D eigenvalue weighted by Gasteiger charge is 2.10. The number of ether oxygens (including phenoxy) is 4. The minimum absolute atomic E-state index is 0. The third kappa shape index (κ3) is 11.7. The van der Waals surface area contributed by atoms with Gasteiger partial charge in [0, 0.05) is 25.6 Å². The Morgan fingerprint density at radius 2 is 1.56 bits per heavy atom. The Balaban J connectivity index is 0.00000729. The monoisotopic (exact) mass is 384 g/mol. The number of nitrogens with zero attached hydrogens (tertiary/aromatic N) is 1. The van der Waals surface area contributed by atoms with Crippen LogP contribution in [0.5, 0.6) is 0 Å². The van der Waals surface area contributed by atoms with Crippen LogP contribution in [-0.2, 0) is 18.9 Å². The van der Waals surface area contributed by atoms with Gasteiger partial charge in [-0.3, -0.25) is 4.79 Å². The standard InChI is InChI=1S/C20H34N2O5.H2/c1-16(2)20(23)18-5-6-19(22-15-18)21-7-8-24-9-10-25-11-12-26-13-14-27-17(3)4;/h5-6,15-17H,7-14H2,1-4H3,(H,21,22);1H. The Hall–Kier alpha value is -1.54. The third-order valence-corrected chi connectivity index (χ3v) is 3.55. The van der Waals surface area contributed by atoms with Gasteiger partial charge in [-0.15, -0.1) is 0 Å². The number of Topliss-reactive ketones (excluding diaryl/α,β-unsaturated/α-hetero) is 1. The van der Waals surface area contributed by atoms with Gasteiger partial charge < -0.3 is 24.3 Å². The maximum absolute atomic E-state index is 11.8. The van der Waals surface area contributed by atoms with Gasteiger partial charge in [-0.25, -0.2) is 4.98 Å². The number of pyridine rings is 1. The number of aromatic nitrogens is 1. The van der Waals surface area contributed by atoms with E-state index in [1.165, 1.54) is 0 Å². The van der Waals surface area contributed by atoms with E-state index in [1.54, 1.807) is 12.3 Å². The molecule has 0 aromatic carbocycles.